The molecule has 5 aromatic rings. The van der Waals surface area contributed by atoms with E-state index in [1.165, 1.54) is 32.8 Å². The average Bonchev–Trinajstić information content (AvgIpc) is 3.50. The fourth-order valence-electron chi connectivity index (χ4n) is 5.93. The minimum atomic E-state index is -0.840. The number of halogens is 2. The predicted octanol–water partition coefficient (Wildman–Crippen LogP) is 4.09. The number of aryl methyl sites for hydroxylation is 1. The van der Waals surface area contributed by atoms with E-state index >= 15 is 0 Å². The van der Waals surface area contributed by atoms with Crippen LogP contribution in [0.25, 0.3) is 38.5 Å². The first-order valence-electron chi connectivity index (χ1n) is 12.2. The van der Waals surface area contributed by atoms with Gasteiger partial charge in [-0.2, -0.15) is 0 Å². The smallest absolute Gasteiger partial charge is 1.00 e. The van der Waals surface area contributed by atoms with E-state index in [0.29, 0.717) is 7.25 Å². The van der Waals surface area contributed by atoms with Crippen molar-refractivity contribution in [1.29, 1.82) is 0 Å². The van der Waals surface area contributed by atoms with Crippen molar-refractivity contribution in [2.45, 2.75) is 7.25 Å². The largest absolute Gasteiger partial charge is 1.00 e. The van der Waals surface area contributed by atoms with Crippen LogP contribution in [0, 0.1) is 0 Å². The molecule has 37 heavy (non-hydrogen) atoms. The molecule has 0 saturated heterocycles. The van der Waals surface area contributed by atoms with Gasteiger partial charge in [0.05, 0.1) is 0 Å². The van der Waals surface area contributed by atoms with Gasteiger partial charge in [-0.05, 0) is 0 Å². The molecule has 0 saturated carbocycles. The molecule has 0 fully saturated rings. The molecular formula is C32H26F2P2Zr. The van der Waals surface area contributed by atoms with Gasteiger partial charge in [0.2, 0.25) is 0 Å². The summed E-state index contributed by atoms with van der Waals surface area (Å²) in [7, 11) is -0.333. The van der Waals surface area contributed by atoms with Crippen LogP contribution in [-0.4, -0.2) is 0 Å². The van der Waals surface area contributed by atoms with Gasteiger partial charge in [-0.25, -0.2) is 0 Å². The van der Waals surface area contributed by atoms with Crippen LogP contribution in [0.5, 0.6) is 0 Å². The Morgan fingerprint density at radius 1 is 0.649 bits per heavy atom. The van der Waals surface area contributed by atoms with Gasteiger partial charge in [0.1, 0.15) is 0 Å². The Labute approximate surface area is 230 Å². The summed E-state index contributed by atoms with van der Waals surface area (Å²) in [4.78, 5) is 0. The molecule has 1 aromatic heterocycles. The number of hydrogen-bond acceptors (Lipinski definition) is 0. The van der Waals surface area contributed by atoms with E-state index in [4.69, 9.17) is 0 Å². The fraction of sp³-hybridized carbons (Fsp3) is 0.125. The van der Waals surface area contributed by atoms with Crippen LogP contribution in [0.3, 0.4) is 0 Å². The quantitative estimate of drug-likeness (QED) is 0.293. The number of allylic oxidation sites excluding steroid dienone is 1. The van der Waals surface area contributed by atoms with E-state index in [1.54, 1.807) is 21.5 Å². The molecule has 2 bridgehead atoms. The molecule has 4 unspecified atom stereocenters. The van der Waals surface area contributed by atoms with Crippen molar-refractivity contribution in [2.75, 3.05) is 0 Å². The molecule has 0 aliphatic heterocycles. The first kappa shape index (κ1) is 26.3. The second-order valence-corrected chi connectivity index (χ2v) is 20.0. The Bertz CT molecular complexity index is 1710. The van der Waals surface area contributed by atoms with E-state index in [0.717, 1.165) is 0 Å². The monoisotopic (exact) mass is 600 g/mol. The van der Waals surface area contributed by atoms with Crippen molar-refractivity contribution in [1.82, 2.24) is 0 Å². The molecule has 0 amide bonds. The fourth-order valence-corrected chi connectivity index (χ4v) is 18.1. The average molecular weight is 602 g/mol. The summed E-state index contributed by atoms with van der Waals surface area (Å²) in [5.74, 6) is 0. The molecule has 7 rings (SSSR count). The first-order chi connectivity index (χ1) is 17.2. The van der Waals surface area contributed by atoms with Crippen LogP contribution < -0.4 is 9.41 Å². The van der Waals surface area contributed by atoms with E-state index in [1.807, 2.05) is 0 Å². The van der Waals surface area contributed by atoms with E-state index in [9.17, 15) is 0 Å². The van der Waals surface area contributed by atoms with Gasteiger partial charge in [-0.1, -0.05) is 0 Å². The topological polar surface area (TPSA) is 0 Å². The molecule has 0 nitrogen and oxygen atoms in total. The third kappa shape index (κ3) is 4.21. The van der Waals surface area contributed by atoms with Crippen LogP contribution >= 0.6 is 14.4 Å². The van der Waals surface area contributed by atoms with Crippen molar-refractivity contribution < 1.29 is 32.6 Å². The molecule has 2 aliphatic carbocycles. The molecule has 4 atom stereocenters. The molecule has 4 aromatic carbocycles. The van der Waals surface area contributed by atoms with E-state index < -0.39 is 23.2 Å². The van der Waals surface area contributed by atoms with Crippen molar-refractivity contribution in [3.8, 4) is 11.1 Å². The SMILES string of the molecule is Cp1c2cc3c(cccc3c3ccccc3p1C)[CH]2[Zr+2][CH]1C=Cc2c(-c3ccccc3)cccc21.[F-].[F-]. The van der Waals surface area contributed by atoms with Gasteiger partial charge in [0.25, 0.3) is 0 Å². The van der Waals surface area contributed by atoms with Crippen molar-refractivity contribution >= 4 is 41.8 Å². The summed E-state index contributed by atoms with van der Waals surface area (Å²) in [5, 5.41) is 7.86. The summed E-state index contributed by atoms with van der Waals surface area (Å²) >= 11 is -0.840. The normalized spacial score (nSPS) is 17.2. The summed E-state index contributed by atoms with van der Waals surface area (Å²) in [6, 6.07) is 36.9. The summed E-state index contributed by atoms with van der Waals surface area (Å²) < 4.78 is 1.32. The Morgan fingerprint density at radius 3 is 2.19 bits per heavy atom. The number of rotatable bonds is 3. The second kappa shape index (κ2) is 10.5. The number of fused-ring (bicyclic) bond motifs is 4. The van der Waals surface area contributed by atoms with E-state index in [2.05, 4.69) is 123 Å². The molecule has 182 valence electrons. The second-order valence-electron chi connectivity index (χ2n) is 9.55. The van der Waals surface area contributed by atoms with Gasteiger partial charge in [0, 0.05) is 0 Å². The Hall–Kier alpha value is -2.30. The van der Waals surface area contributed by atoms with E-state index in [-0.39, 0.29) is 23.8 Å². The molecule has 0 spiro atoms. The molecule has 2 aliphatic rings. The van der Waals surface area contributed by atoms with Crippen LogP contribution in [0.4, 0.5) is 0 Å². The number of benzene rings is 4. The first-order valence-corrected chi connectivity index (χ1v) is 19.4. The van der Waals surface area contributed by atoms with Gasteiger partial charge >= 0.3 is 222 Å². The zero-order valence-corrected chi connectivity index (χ0v) is 24.9. The Balaban J connectivity index is 0.00000140. The van der Waals surface area contributed by atoms with Crippen LogP contribution in [-0.2, 0) is 36.6 Å². The molecule has 1 heterocycles. The third-order valence-electron chi connectivity index (χ3n) is 7.77. The minimum Gasteiger partial charge on any atom is -1.00 e. The van der Waals surface area contributed by atoms with Gasteiger partial charge in [-0.3, -0.25) is 0 Å². The summed E-state index contributed by atoms with van der Waals surface area (Å²) in [6.07, 6.45) is 4.97. The van der Waals surface area contributed by atoms with Crippen molar-refractivity contribution in [3.05, 3.63) is 125 Å². The molecule has 5 heteroatoms. The summed E-state index contributed by atoms with van der Waals surface area (Å²) in [6.45, 7) is 5.10. The van der Waals surface area contributed by atoms with Gasteiger partial charge < -0.3 is 9.41 Å². The Morgan fingerprint density at radius 2 is 1.35 bits per heavy atom. The van der Waals surface area contributed by atoms with Crippen molar-refractivity contribution in [2.24, 2.45) is 13.3 Å². The number of hydrogen-bond donors (Lipinski definition) is 0. The van der Waals surface area contributed by atoms with Gasteiger partial charge in [-0.15, -0.1) is 0 Å². The minimum absolute atomic E-state index is 0. The maximum absolute atomic E-state index is 2.64. The molecule has 0 radical (unpaired) electrons. The third-order valence-corrected chi connectivity index (χ3v) is 20.0. The Kier molecular flexibility index (Phi) is 7.44. The maximum atomic E-state index is 2.64. The zero-order valence-electron chi connectivity index (χ0n) is 20.7. The standard InChI is InChI=1S/C17H15P2.C15H11.2FH.Zr/c1-18-13-10-12-6-5-8-14(16(12)11-13)15-7-3-4-9-17(15)19(18)2;1-2-6-12(7-3-1)14-10-4-8-13-9-5-11-15(13)14;;;/h3-11H,1-2H3;1-11H;2*1H;/q;;;;+2/p-2. The molecular weight excluding hydrogens is 576 g/mol. The van der Waals surface area contributed by atoms with Crippen LogP contribution in [0.1, 0.15) is 29.2 Å². The van der Waals surface area contributed by atoms with Crippen LogP contribution in [0.15, 0.2) is 103 Å². The predicted molar refractivity (Wildman–Crippen MR) is 152 cm³/mol. The summed E-state index contributed by atoms with van der Waals surface area (Å²) in [5.41, 5.74) is 7.36. The molecule has 0 N–H and O–H groups in total. The maximum Gasteiger partial charge on any atom is -1.00 e. The zero-order chi connectivity index (χ0) is 23.5. The van der Waals surface area contributed by atoms with Crippen molar-refractivity contribution in [3.63, 3.8) is 0 Å². The van der Waals surface area contributed by atoms with Crippen LogP contribution in [0.2, 0.25) is 0 Å². The van der Waals surface area contributed by atoms with Gasteiger partial charge in [0.15, 0.2) is 0 Å².